The summed E-state index contributed by atoms with van der Waals surface area (Å²) < 4.78 is 56.6. The number of imide groups is 1. The average Bonchev–Trinajstić information content (AvgIpc) is 3.18. The summed E-state index contributed by atoms with van der Waals surface area (Å²) in [6.45, 7) is 2.79. The molecule has 0 saturated carbocycles. The molecule has 2 N–H and O–H groups in total. The molecule has 0 saturated heterocycles. The van der Waals surface area contributed by atoms with E-state index in [2.05, 4.69) is 14.3 Å². The van der Waals surface area contributed by atoms with Crippen LogP contribution in [0.3, 0.4) is 0 Å². The van der Waals surface area contributed by atoms with Gasteiger partial charge in [-0.1, -0.05) is 24.3 Å². The average molecular weight is 629 g/mol. The van der Waals surface area contributed by atoms with Gasteiger partial charge in [-0.05, 0) is 79.9 Å². The van der Waals surface area contributed by atoms with Crippen LogP contribution in [0.15, 0.2) is 72.8 Å². The molecule has 0 unspecified atom stereocenters. The first-order valence-electron chi connectivity index (χ1n) is 13.8. The Kier molecular flexibility index (Phi) is 10.4. The molecule has 13 heteroatoms. The quantitative estimate of drug-likeness (QED) is 0.182. The molecular weight excluding hydrogens is 592 g/mol. The van der Waals surface area contributed by atoms with Crippen molar-refractivity contribution in [2.75, 3.05) is 54.7 Å². The molecule has 1 aliphatic heterocycles. The van der Waals surface area contributed by atoms with Crippen molar-refractivity contribution in [1.29, 1.82) is 0 Å². The summed E-state index contributed by atoms with van der Waals surface area (Å²) >= 11 is 0. The number of sulfonamides is 2. The molecule has 2 amide bonds. The van der Waals surface area contributed by atoms with Gasteiger partial charge in [0.05, 0.1) is 23.6 Å². The molecule has 230 valence electrons. The Balaban J connectivity index is 1.31. The van der Waals surface area contributed by atoms with Crippen molar-refractivity contribution in [2.45, 2.75) is 19.3 Å². The number of ether oxygens (including phenoxy) is 1. The topological polar surface area (TPSA) is 142 Å². The minimum Gasteiger partial charge on any atom is -0.492 e. The van der Waals surface area contributed by atoms with Crippen molar-refractivity contribution in [3.05, 3.63) is 89.5 Å². The summed E-state index contributed by atoms with van der Waals surface area (Å²) in [6, 6.07) is 20.8. The summed E-state index contributed by atoms with van der Waals surface area (Å²) in [7, 11) is -6.71. The number of carbonyl (C=O) groups is 2. The highest BCUT2D eigenvalue weighted by Crippen LogP contribution is 2.23. The number of fused-ring (bicyclic) bond motifs is 1. The van der Waals surface area contributed by atoms with Crippen LogP contribution in [-0.4, -0.2) is 83.7 Å². The fourth-order valence-electron chi connectivity index (χ4n) is 4.75. The highest BCUT2D eigenvalue weighted by molar-refractivity contribution is 7.92. The molecular formula is C30H36N4O7S2. The van der Waals surface area contributed by atoms with Gasteiger partial charge in [0.25, 0.3) is 11.8 Å². The van der Waals surface area contributed by atoms with Crippen molar-refractivity contribution >= 4 is 43.2 Å². The van der Waals surface area contributed by atoms with Gasteiger partial charge < -0.3 is 4.74 Å². The third-order valence-corrected chi connectivity index (χ3v) is 8.00. The Hall–Kier alpha value is -3.94. The van der Waals surface area contributed by atoms with Crippen LogP contribution < -0.4 is 14.2 Å². The molecule has 3 aromatic carbocycles. The second-order valence-corrected chi connectivity index (χ2v) is 13.9. The molecule has 1 aliphatic rings. The fraction of sp³-hybridized carbons (Fsp3) is 0.333. The number of nitrogens with zero attached hydrogens (tertiary/aromatic N) is 2. The molecule has 0 bridgehead atoms. The number of hydrogen-bond donors (Lipinski definition) is 2. The number of hydrogen-bond acceptors (Lipinski definition) is 8. The number of benzene rings is 3. The number of carbonyl (C=O) groups excluding carboxylic acids is 2. The van der Waals surface area contributed by atoms with Crippen molar-refractivity contribution in [2.24, 2.45) is 0 Å². The van der Waals surface area contributed by atoms with Crippen molar-refractivity contribution < 1.29 is 31.2 Å². The lowest BCUT2D eigenvalue weighted by Gasteiger charge is -2.23. The number of rotatable bonds is 16. The predicted octanol–water partition coefficient (Wildman–Crippen LogP) is 3.43. The van der Waals surface area contributed by atoms with E-state index in [0.717, 1.165) is 37.5 Å². The summed E-state index contributed by atoms with van der Waals surface area (Å²) in [5.41, 5.74) is 2.90. The van der Waals surface area contributed by atoms with Crippen molar-refractivity contribution in [3.63, 3.8) is 0 Å². The first kappa shape index (κ1) is 32.0. The monoisotopic (exact) mass is 628 g/mol. The number of anilines is 2. The van der Waals surface area contributed by atoms with Crippen LogP contribution in [0.1, 0.15) is 39.1 Å². The zero-order valence-electron chi connectivity index (χ0n) is 24.2. The van der Waals surface area contributed by atoms with Gasteiger partial charge in [-0.15, -0.1) is 0 Å². The Labute approximate surface area is 252 Å². The highest BCUT2D eigenvalue weighted by Gasteiger charge is 2.34. The SMILES string of the molecule is CS(=O)(=O)Nc1ccc(CCN(CCCCN2C(=O)c3ccccc3C2=O)CCOc2ccc(NS(C)(=O)=O)cc2)cc1. The second-order valence-electron chi connectivity index (χ2n) is 10.4. The Morgan fingerprint density at radius 2 is 1.23 bits per heavy atom. The number of unbranched alkanes of at least 4 members (excludes halogenated alkanes) is 1. The summed E-state index contributed by atoms with van der Waals surface area (Å²) in [6.07, 6.45) is 4.34. The number of amides is 2. The fourth-order valence-corrected chi connectivity index (χ4v) is 5.88. The molecule has 0 spiro atoms. The Bertz CT molecular complexity index is 1610. The van der Waals surface area contributed by atoms with E-state index < -0.39 is 20.0 Å². The van der Waals surface area contributed by atoms with Crippen LogP contribution in [-0.2, 0) is 26.5 Å². The molecule has 1 heterocycles. The minimum atomic E-state index is -3.36. The smallest absolute Gasteiger partial charge is 0.261 e. The predicted molar refractivity (Wildman–Crippen MR) is 166 cm³/mol. The van der Waals surface area contributed by atoms with E-state index in [1.807, 2.05) is 12.1 Å². The standard InChI is InChI=1S/C30H36N4O7S2/c1-42(37,38)31-24-11-9-23(10-12-24)17-20-33(21-22-41-26-15-13-25(14-16-26)32-43(2,39)40)18-5-6-19-34-29(35)27-7-3-4-8-28(27)30(34)36/h3-4,7-16,31-32H,5-6,17-22H2,1-2H3. The normalized spacial score (nSPS) is 13.3. The van der Waals surface area contributed by atoms with Crippen LogP contribution in [0.2, 0.25) is 0 Å². The molecule has 0 radical (unpaired) electrons. The molecule has 0 fully saturated rings. The first-order chi connectivity index (χ1) is 20.4. The van der Waals surface area contributed by atoms with E-state index in [4.69, 9.17) is 4.74 Å². The third kappa shape index (κ3) is 9.80. The highest BCUT2D eigenvalue weighted by atomic mass is 32.2. The third-order valence-electron chi connectivity index (χ3n) is 6.79. The van der Waals surface area contributed by atoms with Crippen LogP contribution in [0, 0.1) is 0 Å². The van der Waals surface area contributed by atoms with E-state index in [1.54, 1.807) is 60.7 Å². The van der Waals surface area contributed by atoms with Crippen molar-refractivity contribution in [1.82, 2.24) is 9.80 Å². The Morgan fingerprint density at radius 3 is 1.77 bits per heavy atom. The van der Waals surface area contributed by atoms with Gasteiger partial charge in [0.2, 0.25) is 20.0 Å². The maximum Gasteiger partial charge on any atom is 0.261 e. The summed E-state index contributed by atoms with van der Waals surface area (Å²) in [4.78, 5) is 28.9. The number of nitrogens with one attached hydrogen (secondary N) is 2. The minimum absolute atomic E-state index is 0.252. The van der Waals surface area contributed by atoms with Gasteiger partial charge in [-0.3, -0.25) is 28.8 Å². The lowest BCUT2D eigenvalue weighted by molar-refractivity contribution is 0.0650. The Morgan fingerprint density at radius 1 is 0.698 bits per heavy atom. The van der Waals surface area contributed by atoms with Gasteiger partial charge in [0.15, 0.2) is 0 Å². The van der Waals surface area contributed by atoms with Gasteiger partial charge in [-0.25, -0.2) is 16.8 Å². The van der Waals surface area contributed by atoms with Gasteiger partial charge >= 0.3 is 0 Å². The van der Waals surface area contributed by atoms with Crippen LogP contribution in [0.25, 0.3) is 0 Å². The van der Waals surface area contributed by atoms with Crippen LogP contribution >= 0.6 is 0 Å². The first-order valence-corrected chi connectivity index (χ1v) is 17.6. The summed E-state index contributed by atoms with van der Waals surface area (Å²) in [5.74, 6) is 0.105. The van der Waals surface area contributed by atoms with E-state index in [9.17, 15) is 26.4 Å². The molecule has 0 aliphatic carbocycles. The largest absolute Gasteiger partial charge is 0.492 e. The lowest BCUT2D eigenvalue weighted by Crippen LogP contribution is -2.33. The second kappa shape index (κ2) is 14.0. The maximum atomic E-state index is 12.7. The molecule has 0 atom stereocenters. The zero-order valence-corrected chi connectivity index (χ0v) is 25.8. The molecule has 43 heavy (non-hydrogen) atoms. The lowest BCUT2D eigenvalue weighted by atomic mass is 10.1. The van der Waals surface area contributed by atoms with Crippen LogP contribution in [0.4, 0.5) is 11.4 Å². The van der Waals surface area contributed by atoms with Gasteiger partial charge in [-0.2, -0.15) is 0 Å². The summed E-state index contributed by atoms with van der Waals surface area (Å²) in [5, 5.41) is 0. The van der Waals surface area contributed by atoms with Crippen molar-refractivity contribution in [3.8, 4) is 5.75 Å². The molecule has 3 aromatic rings. The molecule has 0 aromatic heterocycles. The van der Waals surface area contributed by atoms with Crippen LogP contribution in [0.5, 0.6) is 5.75 Å². The molecule has 4 rings (SSSR count). The van der Waals surface area contributed by atoms with E-state index in [1.165, 1.54) is 4.90 Å². The van der Waals surface area contributed by atoms with Gasteiger partial charge in [0, 0.05) is 31.0 Å². The molecule has 11 nitrogen and oxygen atoms in total. The van der Waals surface area contributed by atoms with E-state index >= 15 is 0 Å². The maximum absolute atomic E-state index is 12.7. The zero-order chi connectivity index (χ0) is 31.0. The van der Waals surface area contributed by atoms with Gasteiger partial charge in [0.1, 0.15) is 12.4 Å². The van der Waals surface area contributed by atoms with E-state index in [-0.39, 0.29) is 11.8 Å². The van der Waals surface area contributed by atoms with E-state index in [0.29, 0.717) is 60.9 Å².